The summed E-state index contributed by atoms with van der Waals surface area (Å²) in [6.45, 7) is 4.36. The molecule has 4 rings (SSSR count). The molecule has 0 aliphatic rings. The zero-order valence-electron chi connectivity index (χ0n) is 17.8. The fourth-order valence-electron chi connectivity index (χ4n) is 2.77. The smallest absolute Gasteiger partial charge is 0.183 e. The Bertz CT molecular complexity index is 1130. The number of halogens is 2. The third-order valence-electron chi connectivity index (χ3n) is 4.14. The number of aromatic nitrogens is 5. The van der Waals surface area contributed by atoms with Crippen LogP contribution in [0.5, 0.6) is 0 Å². The second-order valence-electron chi connectivity index (χ2n) is 6.80. The molecule has 10 heteroatoms. The van der Waals surface area contributed by atoms with E-state index in [2.05, 4.69) is 39.4 Å². The van der Waals surface area contributed by atoms with Gasteiger partial charge in [0.15, 0.2) is 17.5 Å². The molecule has 2 N–H and O–H groups in total. The number of nitrogens with zero attached hydrogens (tertiary/aromatic N) is 5. The highest BCUT2D eigenvalue weighted by Crippen LogP contribution is 2.25. The number of aliphatic hydroxyl groups excluding tert-OH is 1. The molecule has 0 saturated carbocycles. The van der Waals surface area contributed by atoms with Crippen molar-refractivity contribution in [2.24, 2.45) is 0 Å². The number of anilines is 1. The van der Waals surface area contributed by atoms with Crippen LogP contribution in [0.25, 0.3) is 22.9 Å². The Balaban J connectivity index is 0.000000913. The first-order valence-corrected chi connectivity index (χ1v) is 10.2. The van der Waals surface area contributed by atoms with Crippen molar-refractivity contribution in [3.05, 3.63) is 66.1 Å². The zero-order valence-corrected chi connectivity index (χ0v) is 17.8. The van der Waals surface area contributed by atoms with Crippen LogP contribution in [0.1, 0.15) is 25.8 Å². The zero-order chi connectivity index (χ0) is 22.9. The summed E-state index contributed by atoms with van der Waals surface area (Å²) in [7, 11) is 0. The number of benzene rings is 1. The minimum absolute atomic E-state index is 0.0457. The van der Waals surface area contributed by atoms with Gasteiger partial charge in [0, 0.05) is 18.2 Å². The summed E-state index contributed by atoms with van der Waals surface area (Å²) < 4.78 is 34.5. The highest BCUT2D eigenvalue weighted by atomic mass is 19.1. The van der Waals surface area contributed by atoms with E-state index >= 15 is 0 Å². The van der Waals surface area contributed by atoms with Gasteiger partial charge >= 0.3 is 0 Å². The summed E-state index contributed by atoms with van der Waals surface area (Å²) in [5.41, 5.74) is 1.86. The molecule has 0 bridgehead atoms. The Kier molecular flexibility index (Phi) is 7.98. The normalized spacial score (nSPS) is 10.5. The molecule has 0 saturated heterocycles. The quantitative estimate of drug-likeness (QED) is 0.443. The lowest BCUT2D eigenvalue weighted by Gasteiger charge is -2.07. The van der Waals surface area contributed by atoms with Crippen LogP contribution < -0.4 is 5.32 Å². The predicted octanol–water partition coefficient (Wildman–Crippen LogP) is 4.14. The summed E-state index contributed by atoms with van der Waals surface area (Å²) in [5.74, 6) is -0.881. The first kappa shape index (κ1) is 23.0. The van der Waals surface area contributed by atoms with Crippen molar-refractivity contribution in [2.75, 3.05) is 18.5 Å². The van der Waals surface area contributed by atoms with Gasteiger partial charge in [-0.15, -0.1) is 0 Å². The number of hydrogen-bond donors (Lipinski definition) is 2. The molecule has 0 aliphatic carbocycles. The number of hydrogen-bond acceptors (Lipinski definition) is 7. The highest BCUT2D eigenvalue weighted by Gasteiger charge is 2.18. The Labute approximate surface area is 183 Å². The van der Waals surface area contributed by atoms with Gasteiger partial charge in [0.05, 0.1) is 25.0 Å². The van der Waals surface area contributed by atoms with E-state index < -0.39 is 5.82 Å². The second kappa shape index (κ2) is 11.1. The maximum atomic E-state index is 14.1. The fraction of sp³-hybridized carbons (Fsp3) is 0.273. The van der Waals surface area contributed by atoms with Crippen molar-refractivity contribution in [1.82, 2.24) is 24.9 Å². The van der Waals surface area contributed by atoms with Gasteiger partial charge in [-0.2, -0.15) is 5.10 Å². The average molecular weight is 442 g/mol. The summed E-state index contributed by atoms with van der Waals surface area (Å²) in [6, 6.07) is 9.70. The SMILES string of the molecule is CCC.OCCNc1nc(-c2cc(-c3ccon3)n(Cc3ccccc3F)n2)ncc1F. The average Bonchev–Trinajstić information content (AvgIpc) is 3.45. The minimum atomic E-state index is -0.648. The van der Waals surface area contributed by atoms with E-state index in [1.807, 2.05) is 0 Å². The third-order valence-corrected chi connectivity index (χ3v) is 4.14. The lowest BCUT2D eigenvalue weighted by atomic mass is 10.2. The Hall–Kier alpha value is -3.66. The topological polar surface area (TPSA) is 102 Å². The number of nitrogens with one attached hydrogen (secondary N) is 1. The molecule has 4 aromatic rings. The lowest BCUT2D eigenvalue weighted by Crippen LogP contribution is -2.10. The van der Waals surface area contributed by atoms with E-state index in [0.717, 1.165) is 6.20 Å². The van der Waals surface area contributed by atoms with Crippen LogP contribution in [0.15, 0.2) is 53.4 Å². The van der Waals surface area contributed by atoms with Gasteiger partial charge in [0.25, 0.3) is 0 Å². The van der Waals surface area contributed by atoms with Gasteiger partial charge in [-0.3, -0.25) is 4.68 Å². The Morgan fingerprint density at radius 1 is 1.09 bits per heavy atom. The molecular formula is C22H24F2N6O2. The van der Waals surface area contributed by atoms with Gasteiger partial charge in [-0.05, 0) is 12.1 Å². The van der Waals surface area contributed by atoms with Crippen molar-refractivity contribution in [3.63, 3.8) is 0 Å². The van der Waals surface area contributed by atoms with Gasteiger partial charge < -0.3 is 14.9 Å². The van der Waals surface area contributed by atoms with E-state index in [1.54, 1.807) is 35.0 Å². The summed E-state index contributed by atoms with van der Waals surface area (Å²) in [5, 5.41) is 20.0. The summed E-state index contributed by atoms with van der Waals surface area (Å²) in [6.07, 6.45) is 3.69. The highest BCUT2D eigenvalue weighted by molar-refractivity contribution is 5.63. The molecule has 168 valence electrons. The summed E-state index contributed by atoms with van der Waals surface area (Å²) >= 11 is 0. The van der Waals surface area contributed by atoms with E-state index in [0.29, 0.717) is 22.6 Å². The van der Waals surface area contributed by atoms with E-state index in [9.17, 15) is 8.78 Å². The third kappa shape index (κ3) is 5.52. The molecule has 0 amide bonds. The Morgan fingerprint density at radius 3 is 2.56 bits per heavy atom. The van der Waals surface area contributed by atoms with Gasteiger partial charge in [-0.25, -0.2) is 18.7 Å². The van der Waals surface area contributed by atoms with Crippen molar-refractivity contribution in [2.45, 2.75) is 26.8 Å². The largest absolute Gasteiger partial charge is 0.395 e. The molecule has 0 spiro atoms. The van der Waals surface area contributed by atoms with E-state index in [-0.39, 0.29) is 37.2 Å². The summed E-state index contributed by atoms with van der Waals surface area (Å²) in [4.78, 5) is 8.13. The van der Waals surface area contributed by atoms with Crippen molar-refractivity contribution in [1.29, 1.82) is 0 Å². The monoisotopic (exact) mass is 442 g/mol. The molecule has 0 unspecified atom stereocenters. The van der Waals surface area contributed by atoms with Gasteiger partial charge in [-0.1, -0.05) is 43.6 Å². The molecule has 32 heavy (non-hydrogen) atoms. The number of rotatable bonds is 7. The predicted molar refractivity (Wildman–Crippen MR) is 116 cm³/mol. The molecule has 3 aromatic heterocycles. The molecule has 0 radical (unpaired) electrons. The van der Waals surface area contributed by atoms with Crippen LogP contribution in [-0.4, -0.2) is 43.2 Å². The number of aliphatic hydroxyl groups is 1. The standard InChI is InChI=1S/C19H16F2N6O2.C3H8/c20-13-4-2-1-3-12(13)11-27-17(15-5-8-29-26-15)9-16(25-27)19-23-10-14(21)18(24-19)22-6-7-28;1-3-2/h1-5,8-10,28H,6-7,11H2,(H,22,23,24);3H2,1-2H3. The minimum Gasteiger partial charge on any atom is -0.395 e. The van der Waals surface area contributed by atoms with Crippen LogP contribution in [0, 0.1) is 11.6 Å². The molecule has 0 atom stereocenters. The first-order valence-electron chi connectivity index (χ1n) is 10.2. The van der Waals surface area contributed by atoms with Crippen LogP contribution in [0.4, 0.5) is 14.6 Å². The van der Waals surface area contributed by atoms with Gasteiger partial charge in [0.2, 0.25) is 0 Å². The fourth-order valence-corrected chi connectivity index (χ4v) is 2.77. The maximum absolute atomic E-state index is 14.1. The molecule has 0 fully saturated rings. The van der Waals surface area contributed by atoms with Crippen molar-refractivity contribution >= 4 is 5.82 Å². The molecule has 8 nitrogen and oxygen atoms in total. The van der Waals surface area contributed by atoms with E-state index in [4.69, 9.17) is 9.63 Å². The van der Waals surface area contributed by atoms with Crippen LogP contribution in [0.2, 0.25) is 0 Å². The first-order chi connectivity index (χ1) is 15.6. The molecular weight excluding hydrogens is 418 g/mol. The molecule has 1 aromatic carbocycles. The van der Waals surface area contributed by atoms with Crippen molar-refractivity contribution < 1.29 is 18.4 Å². The maximum Gasteiger partial charge on any atom is 0.183 e. The lowest BCUT2D eigenvalue weighted by molar-refractivity contribution is 0.310. The van der Waals surface area contributed by atoms with E-state index in [1.165, 1.54) is 18.8 Å². The molecule has 3 heterocycles. The van der Waals surface area contributed by atoms with Crippen LogP contribution >= 0.6 is 0 Å². The van der Waals surface area contributed by atoms with Crippen LogP contribution in [0.3, 0.4) is 0 Å². The van der Waals surface area contributed by atoms with Crippen molar-refractivity contribution in [3.8, 4) is 22.9 Å². The Morgan fingerprint density at radius 2 is 1.88 bits per heavy atom. The second-order valence-corrected chi connectivity index (χ2v) is 6.80. The van der Waals surface area contributed by atoms with Crippen LogP contribution in [-0.2, 0) is 6.54 Å². The molecule has 0 aliphatic heterocycles. The van der Waals surface area contributed by atoms with Gasteiger partial charge in [0.1, 0.15) is 23.5 Å².